The Morgan fingerprint density at radius 2 is 1.71 bits per heavy atom. The van der Waals surface area contributed by atoms with Crippen molar-refractivity contribution in [3.8, 4) is 0 Å². The molecule has 3 aromatic rings. The maximum Gasteiger partial charge on any atom is 0.278 e. The molecule has 144 valence electrons. The number of aromatic nitrogens is 3. The van der Waals surface area contributed by atoms with Gasteiger partial charge in [0, 0.05) is 15.8 Å². The molecule has 0 aliphatic carbocycles. The van der Waals surface area contributed by atoms with Gasteiger partial charge in [0.1, 0.15) is 6.54 Å². The van der Waals surface area contributed by atoms with Crippen molar-refractivity contribution in [3.63, 3.8) is 0 Å². The van der Waals surface area contributed by atoms with Crippen molar-refractivity contribution in [3.05, 3.63) is 68.4 Å². The predicted octanol–water partition coefficient (Wildman–Crippen LogP) is 4.55. The van der Waals surface area contributed by atoms with Crippen LogP contribution in [0, 0.1) is 6.92 Å². The van der Waals surface area contributed by atoms with Gasteiger partial charge in [0.15, 0.2) is 5.69 Å². The van der Waals surface area contributed by atoms with Crippen LogP contribution in [0.2, 0.25) is 10.0 Å². The molecule has 2 amide bonds. The van der Waals surface area contributed by atoms with Gasteiger partial charge in [-0.2, -0.15) is 0 Å². The number of amides is 2. The van der Waals surface area contributed by atoms with Crippen LogP contribution in [0.5, 0.6) is 0 Å². The third-order valence-electron chi connectivity index (χ3n) is 3.80. The van der Waals surface area contributed by atoms with E-state index in [0.29, 0.717) is 27.1 Å². The Labute approximate surface area is 179 Å². The SMILES string of the molecule is Cc1c(C(=O)Nc2ccc(Cl)c(Cl)c2)nnn1CC(=O)Nc1ccc(Br)cc1. The largest absolute Gasteiger partial charge is 0.324 e. The average Bonchev–Trinajstić information content (AvgIpc) is 3.01. The van der Waals surface area contributed by atoms with E-state index in [1.54, 1.807) is 31.2 Å². The van der Waals surface area contributed by atoms with Gasteiger partial charge in [-0.05, 0) is 49.4 Å². The summed E-state index contributed by atoms with van der Waals surface area (Å²) in [7, 11) is 0. The van der Waals surface area contributed by atoms with Crippen LogP contribution in [0.3, 0.4) is 0 Å². The van der Waals surface area contributed by atoms with Crippen molar-refractivity contribution in [2.24, 2.45) is 0 Å². The molecule has 0 fully saturated rings. The summed E-state index contributed by atoms with van der Waals surface area (Å²) in [5, 5.41) is 13.9. The van der Waals surface area contributed by atoms with Gasteiger partial charge < -0.3 is 10.6 Å². The lowest BCUT2D eigenvalue weighted by Gasteiger charge is -2.07. The zero-order valence-electron chi connectivity index (χ0n) is 14.5. The van der Waals surface area contributed by atoms with Gasteiger partial charge in [0.2, 0.25) is 5.91 Å². The van der Waals surface area contributed by atoms with Crippen molar-refractivity contribution in [2.75, 3.05) is 10.6 Å². The lowest BCUT2D eigenvalue weighted by molar-refractivity contribution is -0.117. The van der Waals surface area contributed by atoms with Crippen LogP contribution in [0.4, 0.5) is 11.4 Å². The Morgan fingerprint density at radius 1 is 1.04 bits per heavy atom. The van der Waals surface area contributed by atoms with E-state index in [-0.39, 0.29) is 18.1 Å². The van der Waals surface area contributed by atoms with Crippen molar-refractivity contribution >= 4 is 62.3 Å². The van der Waals surface area contributed by atoms with Crippen LogP contribution in [-0.2, 0) is 11.3 Å². The highest BCUT2D eigenvalue weighted by molar-refractivity contribution is 9.10. The molecule has 3 rings (SSSR count). The van der Waals surface area contributed by atoms with Gasteiger partial charge in [-0.3, -0.25) is 9.59 Å². The van der Waals surface area contributed by atoms with Gasteiger partial charge in [-0.15, -0.1) is 5.10 Å². The summed E-state index contributed by atoms with van der Waals surface area (Å²) in [5.41, 5.74) is 1.70. The molecule has 0 aliphatic heterocycles. The number of nitrogens with one attached hydrogen (secondary N) is 2. The average molecular weight is 483 g/mol. The number of hydrogen-bond acceptors (Lipinski definition) is 4. The zero-order chi connectivity index (χ0) is 20.3. The van der Waals surface area contributed by atoms with E-state index in [4.69, 9.17) is 23.2 Å². The first-order valence-corrected chi connectivity index (χ1v) is 9.60. The van der Waals surface area contributed by atoms with Crippen LogP contribution in [-0.4, -0.2) is 26.8 Å². The molecular formula is C18H14BrCl2N5O2. The summed E-state index contributed by atoms with van der Waals surface area (Å²) >= 11 is 15.2. The first-order chi connectivity index (χ1) is 13.3. The molecule has 2 N–H and O–H groups in total. The maximum atomic E-state index is 12.4. The number of benzene rings is 2. The highest BCUT2D eigenvalue weighted by atomic mass is 79.9. The number of anilines is 2. The zero-order valence-corrected chi connectivity index (χ0v) is 17.6. The lowest BCUT2D eigenvalue weighted by Crippen LogP contribution is -2.21. The second kappa shape index (κ2) is 8.72. The van der Waals surface area contributed by atoms with Gasteiger partial charge in [-0.1, -0.05) is 44.3 Å². The molecule has 0 radical (unpaired) electrons. The Morgan fingerprint density at radius 3 is 2.39 bits per heavy atom. The Bertz CT molecular complexity index is 1040. The van der Waals surface area contributed by atoms with Crippen molar-refractivity contribution < 1.29 is 9.59 Å². The fourth-order valence-electron chi connectivity index (χ4n) is 2.35. The van der Waals surface area contributed by atoms with Gasteiger partial charge in [0.05, 0.1) is 15.7 Å². The first kappa shape index (κ1) is 20.3. The van der Waals surface area contributed by atoms with E-state index in [0.717, 1.165) is 4.47 Å². The molecule has 0 spiro atoms. The highest BCUT2D eigenvalue weighted by Crippen LogP contribution is 2.25. The molecule has 10 heteroatoms. The number of hydrogen-bond donors (Lipinski definition) is 2. The van der Waals surface area contributed by atoms with E-state index < -0.39 is 5.91 Å². The van der Waals surface area contributed by atoms with Gasteiger partial charge in [0.25, 0.3) is 5.91 Å². The summed E-state index contributed by atoms with van der Waals surface area (Å²) in [6.07, 6.45) is 0. The molecule has 1 aromatic heterocycles. The van der Waals surface area contributed by atoms with E-state index >= 15 is 0 Å². The van der Waals surface area contributed by atoms with Crippen molar-refractivity contribution in [1.29, 1.82) is 0 Å². The molecule has 7 nitrogen and oxygen atoms in total. The highest BCUT2D eigenvalue weighted by Gasteiger charge is 2.18. The quantitative estimate of drug-likeness (QED) is 0.558. The fraction of sp³-hybridized carbons (Fsp3) is 0.111. The Kier molecular flexibility index (Phi) is 6.33. The van der Waals surface area contributed by atoms with Crippen molar-refractivity contribution in [1.82, 2.24) is 15.0 Å². The first-order valence-electron chi connectivity index (χ1n) is 8.05. The minimum Gasteiger partial charge on any atom is -0.324 e. The third-order valence-corrected chi connectivity index (χ3v) is 5.06. The smallest absolute Gasteiger partial charge is 0.278 e. The number of halogens is 3. The number of carbonyl (C=O) groups is 2. The molecule has 0 unspecified atom stereocenters. The van der Waals surface area contributed by atoms with Crippen LogP contribution >= 0.6 is 39.1 Å². The monoisotopic (exact) mass is 481 g/mol. The Hall–Kier alpha value is -2.42. The fourth-order valence-corrected chi connectivity index (χ4v) is 2.92. The summed E-state index contributed by atoms with van der Waals surface area (Å²) in [6.45, 7) is 1.59. The summed E-state index contributed by atoms with van der Waals surface area (Å²) in [5.74, 6) is -0.748. The third kappa shape index (κ3) is 4.89. The Balaban J connectivity index is 1.67. The van der Waals surface area contributed by atoms with Gasteiger partial charge in [-0.25, -0.2) is 4.68 Å². The molecule has 0 saturated carbocycles. The summed E-state index contributed by atoms with van der Waals surface area (Å²) < 4.78 is 2.27. The second-order valence-corrected chi connectivity index (χ2v) is 7.55. The minimum absolute atomic E-state index is 0.0745. The van der Waals surface area contributed by atoms with Crippen molar-refractivity contribution in [2.45, 2.75) is 13.5 Å². The molecule has 0 atom stereocenters. The van der Waals surface area contributed by atoms with Crippen LogP contribution < -0.4 is 10.6 Å². The second-order valence-electron chi connectivity index (χ2n) is 5.82. The number of carbonyl (C=O) groups excluding carboxylic acids is 2. The van der Waals surface area contributed by atoms with E-state index in [1.165, 1.54) is 10.7 Å². The summed E-state index contributed by atoms with van der Waals surface area (Å²) in [4.78, 5) is 24.7. The predicted molar refractivity (Wildman–Crippen MR) is 112 cm³/mol. The molecule has 0 aliphatic rings. The van der Waals surface area contributed by atoms with Crippen LogP contribution in [0.15, 0.2) is 46.9 Å². The van der Waals surface area contributed by atoms with Crippen LogP contribution in [0.1, 0.15) is 16.2 Å². The topological polar surface area (TPSA) is 88.9 Å². The number of rotatable bonds is 5. The van der Waals surface area contributed by atoms with E-state index in [1.807, 2.05) is 12.1 Å². The number of nitrogens with zero attached hydrogens (tertiary/aromatic N) is 3. The molecule has 2 aromatic carbocycles. The van der Waals surface area contributed by atoms with Crippen LogP contribution in [0.25, 0.3) is 0 Å². The molecule has 28 heavy (non-hydrogen) atoms. The normalized spacial score (nSPS) is 10.6. The summed E-state index contributed by atoms with van der Waals surface area (Å²) in [6, 6.07) is 11.9. The molecule has 0 bridgehead atoms. The van der Waals surface area contributed by atoms with E-state index in [9.17, 15) is 9.59 Å². The minimum atomic E-state index is -0.463. The molecule has 0 saturated heterocycles. The maximum absolute atomic E-state index is 12.4. The standard InChI is InChI=1S/C18H14BrCl2N5O2/c1-10-17(18(28)23-13-6-7-14(20)15(21)8-13)24-25-26(10)9-16(27)22-12-4-2-11(19)3-5-12/h2-8H,9H2,1H3,(H,22,27)(H,23,28). The molecular weight excluding hydrogens is 469 g/mol. The van der Waals surface area contributed by atoms with E-state index in [2.05, 4.69) is 36.9 Å². The lowest BCUT2D eigenvalue weighted by atomic mass is 10.2. The molecule has 1 heterocycles. The van der Waals surface area contributed by atoms with Gasteiger partial charge >= 0.3 is 0 Å².